The number of nitrogens with zero attached hydrogens (tertiary/aromatic N) is 1. The van der Waals surface area contributed by atoms with Gasteiger partial charge in [-0.2, -0.15) is 13.2 Å². The van der Waals surface area contributed by atoms with Crippen LogP contribution in [0.15, 0.2) is 48.5 Å². The van der Waals surface area contributed by atoms with Crippen LogP contribution in [0.5, 0.6) is 0 Å². The lowest BCUT2D eigenvalue weighted by Crippen LogP contribution is -2.29. The number of rotatable bonds is 7. The molecule has 134 valence electrons. The van der Waals surface area contributed by atoms with Crippen LogP contribution in [0, 0.1) is 5.41 Å². The highest BCUT2D eigenvalue weighted by Gasteiger charge is 2.30. The van der Waals surface area contributed by atoms with Crippen molar-refractivity contribution in [3.63, 3.8) is 0 Å². The van der Waals surface area contributed by atoms with Crippen LogP contribution in [-0.2, 0) is 6.18 Å². The van der Waals surface area contributed by atoms with Crippen molar-refractivity contribution in [2.75, 3.05) is 31.2 Å². The predicted molar refractivity (Wildman–Crippen MR) is 90.2 cm³/mol. The Morgan fingerprint density at radius 3 is 1.68 bits per heavy atom. The largest absolute Gasteiger partial charge is 0.416 e. The van der Waals surface area contributed by atoms with Crippen LogP contribution in [0.2, 0.25) is 0 Å². The Balaban J connectivity index is 2.17. The van der Waals surface area contributed by atoms with Crippen molar-refractivity contribution in [3.05, 3.63) is 65.2 Å². The molecule has 0 bridgehead atoms. The summed E-state index contributed by atoms with van der Waals surface area (Å²) in [6.07, 6.45) is -4.40. The molecule has 3 N–H and O–H groups in total. The summed E-state index contributed by atoms with van der Waals surface area (Å²) < 4.78 is 37.8. The molecule has 0 aliphatic rings. The molecule has 0 radical (unpaired) electrons. The Hall–Kier alpha value is -2.38. The second-order valence-corrected chi connectivity index (χ2v) is 5.43. The number of alkyl halides is 3. The average Bonchev–Trinajstić information content (AvgIpc) is 2.60. The van der Waals surface area contributed by atoms with E-state index in [1.165, 1.54) is 12.1 Å². The van der Waals surface area contributed by atoms with E-state index >= 15 is 0 Å². The van der Waals surface area contributed by atoms with E-state index in [0.29, 0.717) is 24.2 Å². The van der Waals surface area contributed by atoms with Gasteiger partial charge in [-0.3, -0.25) is 5.41 Å². The third kappa shape index (κ3) is 4.80. The fraction of sp³-hybridized carbons (Fsp3) is 0.278. The van der Waals surface area contributed by atoms with Gasteiger partial charge in [0.05, 0.1) is 24.5 Å². The van der Waals surface area contributed by atoms with Gasteiger partial charge in [0.15, 0.2) is 0 Å². The Kier molecular flexibility index (Phi) is 6.17. The van der Waals surface area contributed by atoms with Crippen molar-refractivity contribution >= 4 is 11.4 Å². The van der Waals surface area contributed by atoms with Gasteiger partial charge in [-0.25, -0.2) is 0 Å². The standard InChI is InChI=1S/C18H19F3N2O2/c19-18(20,21)15-5-1-13(2-6-15)17(22)14-3-7-16(8-4-14)23(9-11-24)10-12-25/h1-8,22,24-25H,9-12H2. The summed E-state index contributed by atoms with van der Waals surface area (Å²) >= 11 is 0. The maximum absolute atomic E-state index is 12.6. The molecule has 0 saturated heterocycles. The molecule has 25 heavy (non-hydrogen) atoms. The molecule has 0 amide bonds. The quantitative estimate of drug-likeness (QED) is 0.671. The molecule has 0 unspecified atom stereocenters. The van der Waals surface area contributed by atoms with E-state index in [4.69, 9.17) is 15.6 Å². The molecule has 2 aromatic carbocycles. The first kappa shape index (κ1) is 19.0. The highest BCUT2D eigenvalue weighted by molar-refractivity contribution is 6.10. The molecule has 0 aromatic heterocycles. The zero-order chi connectivity index (χ0) is 18.4. The second-order valence-electron chi connectivity index (χ2n) is 5.43. The Bertz CT molecular complexity index is 692. The minimum Gasteiger partial charge on any atom is -0.395 e. The van der Waals surface area contributed by atoms with Crippen LogP contribution in [0.4, 0.5) is 18.9 Å². The van der Waals surface area contributed by atoms with Crippen LogP contribution in [0.3, 0.4) is 0 Å². The monoisotopic (exact) mass is 352 g/mol. The van der Waals surface area contributed by atoms with E-state index in [1.807, 2.05) is 0 Å². The molecule has 0 aliphatic heterocycles. The fourth-order valence-electron chi connectivity index (χ4n) is 2.44. The van der Waals surface area contributed by atoms with E-state index in [0.717, 1.165) is 17.8 Å². The number of hydrogen-bond acceptors (Lipinski definition) is 4. The molecule has 0 spiro atoms. The number of hydrogen-bond donors (Lipinski definition) is 3. The summed E-state index contributed by atoms with van der Waals surface area (Å²) in [5.41, 5.74) is 1.12. The molecular formula is C18H19F3N2O2. The van der Waals surface area contributed by atoms with E-state index in [-0.39, 0.29) is 18.9 Å². The number of aliphatic hydroxyl groups excluding tert-OH is 2. The van der Waals surface area contributed by atoms with Gasteiger partial charge in [-0.1, -0.05) is 24.3 Å². The third-order valence-electron chi connectivity index (χ3n) is 3.76. The number of nitrogens with one attached hydrogen (secondary N) is 1. The smallest absolute Gasteiger partial charge is 0.395 e. The molecule has 7 heteroatoms. The Labute approximate surface area is 143 Å². The second kappa shape index (κ2) is 8.13. The number of halogens is 3. The van der Waals surface area contributed by atoms with Crippen molar-refractivity contribution in [1.82, 2.24) is 0 Å². The summed E-state index contributed by atoms with van der Waals surface area (Å²) in [5, 5.41) is 26.3. The molecule has 2 rings (SSSR count). The van der Waals surface area contributed by atoms with Crippen molar-refractivity contribution in [1.29, 1.82) is 5.41 Å². The zero-order valence-corrected chi connectivity index (χ0v) is 13.4. The molecule has 0 aliphatic carbocycles. The summed E-state index contributed by atoms with van der Waals surface area (Å²) in [7, 11) is 0. The van der Waals surface area contributed by atoms with Crippen LogP contribution in [0.1, 0.15) is 16.7 Å². The van der Waals surface area contributed by atoms with Gasteiger partial charge in [-0.05, 0) is 24.3 Å². The SMILES string of the molecule is N=C(c1ccc(N(CCO)CCO)cc1)c1ccc(C(F)(F)F)cc1. The highest BCUT2D eigenvalue weighted by atomic mass is 19.4. The van der Waals surface area contributed by atoms with Crippen LogP contribution in [0.25, 0.3) is 0 Å². The Morgan fingerprint density at radius 2 is 1.28 bits per heavy atom. The highest BCUT2D eigenvalue weighted by Crippen LogP contribution is 2.29. The van der Waals surface area contributed by atoms with Gasteiger partial charge in [0.2, 0.25) is 0 Å². The minimum absolute atomic E-state index is 0.0525. The number of anilines is 1. The lowest BCUT2D eigenvalue weighted by atomic mass is 10.0. The van der Waals surface area contributed by atoms with Gasteiger partial charge >= 0.3 is 6.18 Å². The van der Waals surface area contributed by atoms with Crippen molar-refractivity contribution in [2.45, 2.75) is 6.18 Å². The minimum atomic E-state index is -4.40. The van der Waals surface area contributed by atoms with Crippen LogP contribution >= 0.6 is 0 Å². The predicted octanol–water partition coefficient (Wildman–Crippen LogP) is 2.91. The normalized spacial score (nSPS) is 11.4. The lowest BCUT2D eigenvalue weighted by Gasteiger charge is -2.23. The molecule has 0 heterocycles. The first-order valence-electron chi connectivity index (χ1n) is 7.70. The third-order valence-corrected chi connectivity index (χ3v) is 3.76. The van der Waals surface area contributed by atoms with Gasteiger partial charge in [0.1, 0.15) is 0 Å². The van der Waals surface area contributed by atoms with E-state index < -0.39 is 11.7 Å². The summed E-state index contributed by atoms with van der Waals surface area (Å²) in [4.78, 5) is 1.80. The first-order valence-corrected chi connectivity index (χ1v) is 7.70. The maximum Gasteiger partial charge on any atom is 0.416 e. The van der Waals surface area contributed by atoms with Crippen LogP contribution < -0.4 is 4.90 Å². The molecule has 2 aromatic rings. The molecule has 0 fully saturated rings. The van der Waals surface area contributed by atoms with E-state index in [2.05, 4.69) is 0 Å². The summed E-state index contributed by atoms with van der Waals surface area (Å²) in [6, 6.07) is 11.4. The molecule has 4 nitrogen and oxygen atoms in total. The molecule has 0 atom stereocenters. The number of aliphatic hydroxyl groups is 2. The molecular weight excluding hydrogens is 333 g/mol. The van der Waals surface area contributed by atoms with Gasteiger partial charge in [0.25, 0.3) is 0 Å². The van der Waals surface area contributed by atoms with Crippen molar-refractivity contribution in [3.8, 4) is 0 Å². The van der Waals surface area contributed by atoms with Crippen molar-refractivity contribution < 1.29 is 23.4 Å². The van der Waals surface area contributed by atoms with Gasteiger partial charge in [-0.15, -0.1) is 0 Å². The topological polar surface area (TPSA) is 67.6 Å². The van der Waals surface area contributed by atoms with Gasteiger partial charge < -0.3 is 15.1 Å². The zero-order valence-electron chi connectivity index (χ0n) is 13.4. The first-order chi connectivity index (χ1) is 11.9. The van der Waals surface area contributed by atoms with E-state index in [1.54, 1.807) is 29.2 Å². The van der Waals surface area contributed by atoms with Crippen LogP contribution in [-0.4, -0.2) is 42.2 Å². The Morgan fingerprint density at radius 1 is 0.840 bits per heavy atom. The maximum atomic E-state index is 12.6. The summed E-state index contributed by atoms with van der Waals surface area (Å²) in [6.45, 7) is 0.638. The lowest BCUT2D eigenvalue weighted by molar-refractivity contribution is -0.137. The molecule has 0 saturated carbocycles. The fourth-order valence-corrected chi connectivity index (χ4v) is 2.44. The van der Waals surface area contributed by atoms with Gasteiger partial charge in [0, 0.05) is 29.9 Å². The van der Waals surface area contributed by atoms with E-state index in [9.17, 15) is 13.2 Å². The summed E-state index contributed by atoms with van der Waals surface area (Å²) in [5.74, 6) is 0. The number of benzene rings is 2. The van der Waals surface area contributed by atoms with Crippen molar-refractivity contribution in [2.24, 2.45) is 0 Å². The average molecular weight is 352 g/mol.